The van der Waals surface area contributed by atoms with Crippen LogP contribution in [0.4, 0.5) is 0 Å². The highest BCUT2D eigenvalue weighted by atomic mass is 35.5. The summed E-state index contributed by atoms with van der Waals surface area (Å²) in [5.74, 6) is 1.76. The molecule has 5 heteroatoms. The lowest BCUT2D eigenvalue weighted by molar-refractivity contribution is 0.355. The first-order chi connectivity index (χ1) is 15.0. The molecule has 0 atom stereocenters. The Morgan fingerprint density at radius 2 is 1.65 bits per heavy atom. The number of hydrogen-bond acceptors (Lipinski definition) is 4. The van der Waals surface area contributed by atoms with Gasteiger partial charge in [0.15, 0.2) is 11.5 Å². The highest BCUT2D eigenvalue weighted by Crippen LogP contribution is 2.31. The van der Waals surface area contributed by atoms with Gasteiger partial charge in [-0.05, 0) is 48.4 Å². The van der Waals surface area contributed by atoms with E-state index >= 15 is 0 Å². The number of ether oxygens (including phenoxy) is 2. The predicted octanol–water partition coefficient (Wildman–Crippen LogP) is 6.61. The maximum absolute atomic E-state index is 13.4. The van der Waals surface area contributed by atoms with E-state index in [1.165, 1.54) is 0 Å². The second kappa shape index (κ2) is 8.70. The molecule has 0 bridgehead atoms. The average molecular weight is 433 g/mol. The van der Waals surface area contributed by atoms with Gasteiger partial charge in [0.25, 0.3) is 0 Å². The molecule has 156 valence electrons. The topological polar surface area (TPSA) is 48.7 Å². The van der Waals surface area contributed by atoms with E-state index in [1.54, 1.807) is 32.4 Å². The van der Waals surface area contributed by atoms with Crippen LogP contribution in [-0.2, 0) is 0 Å². The van der Waals surface area contributed by atoms with Gasteiger partial charge < -0.3 is 13.9 Å². The molecule has 4 nitrogen and oxygen atoms in total. The predicted molar refractivity (Wildman–Crippen MR) is 126 cm³/mol. The molecule has 0 unspecified atom stereocenters. The minimum absolute atomic E-state index is 0.140. The molecule has 0 saturated carbocycles. The smallest absolute Gasteiger partial charge is 0.200 e. The number of benzene rings is 3. The Balaban J connectivity index is 1.91. The van der Waals surface area contributed by atoms with Crippen molar-refractivity contribution in [2.45, 2.75) is 6.92 Å². The second-order valence-electron chi connectivity index (χ2n) is 7.09. The standard InChI is InChI=1S/C26H21ClO4/c1-16-13-23-20(15-21(16)27)25(28)19(26(31-23)18-7-5-4-6-8-18)11-9-17-10-12-22(29-2)24(14-17)30-3/h4-15H,1-3H3/b11-9+. The molecule has 0 fully saturated rings. The van der Waals surface area contributed by atoms with Crippen LogP contribution in [0.25, 0.3) is 34.4 Å². The fourth-order valence-electron chi connectivity index (χ4n) is 3.42. The van der Waals surface area contributed by atoms with Crippen molar-refractivity contribution in [3.05, 3.63) is 92.6 Å². The largest absolute Gasteiger partial charge is 0.493 e. The highest BCUT2D eigenvalue weighted by molar-refractivity contribution is 6.32. The molecule has 0 amide bonds. The fourth-order valence-corrected chi connectivity index (χ4v) is 3.59. The lowest BCUT2D eigenvalue weighted by Gasteiger charge is -2.10. The Bertz CT molecular complexity index is 1340. The maximum Gasteiger partial charge on any atom is 0.200 e. The van der Waals surface area contributed by atoms with Crippen LogP contribution in [0.2, 0.25) is 5.02 Å². The van der Waals surface area contributed by atoms with Crippen LogP contribution in [0.3, 0.4) is 0 Å². The van der Waals surface area contributed by atoms with E-state index in [9.17, 15) is 4.79 Å². The summed E-state index contributed by atoms with van der Waals surface area (Å²) in [5, 5.41) is 0.976. The zero-order chi connectivity index (χ0) is 22.0. The van der Waals surface area contributed by atoms with Gasteiger partial charge in [-0.3, -0.25) is 4.79 Å². The Hall–Kier alpha value is -3.50. The molecule has 1 aromatic heterocycles. The normalized spacial score (nSPS) is 11.2. The quantitative estimate of drug-likeness (QED) is 0.356. The number of hydrogen-bond donors (Lipinski definition) is 0. The van der Waals surface area contributed by atoms with E-state index in [-0.39, 0.29) is 5.43 Å². The van der Waals surface area contributed by atoms with Gasteiger partial charge in [0.05, 0.1) is 25.2 Å². The summed E-state index contributed by atoms with van der Waals surface area (Å²) in [6.07, 6.45) is 3.62. The van der Waals surface area contributed by atoms with Gasteiger partial charge in [-0.15, -0.1) is 0 Å². The zero-order valence-corrected chi connectivity index (χ0v) is 18.2. The summed E-state index contributed by atoms with van der Waals surface area (Å²) >= 11 is 6.28. The van der Waals surface area contributed by atoms with Crippen LogP contribution in [0.1, 0.15) is 16.7 Å². The van der Waals surface area contributed by atoms with E-state index in [0.29, 0.717) is 38.8 Å². The minimum Gasteiger partial charge on any atom is -0.493 e. The molecule has 0 N–H and O–H groups in total. The molecule has 0 saturated heterocycles. The van der Waals surface area contributed by atoms with Gasteiger partial charge >= 0.3 is 0 Å². The number of fused-ring (bicyclic) bond motifs is 1. The summed E-state index contributed by atoms with van der Waals surface area (Å²) in [6, 6.07) is 18.6. The number of methoxy groups -OCH3 is 2. The Kier molecular flexibility index (Phi) is 5.83. The molecule has 4 aromatic rings. The number of aryl methyl sites for hydroxylation is 1. The van der Waals surface area contributed by atoms with Crippen molar-refractivity contribution in [3.8, 4) is 22.8 Å². The summed E-state index contributed by atoms with van der Waals surface area (Å²) in [4.78, 5) is 13.4. The summed E-state index contributed by atoms with van der Waals surface area (Å²) in [6.45, 7) is 1.88. The van der Waals surface area contributed by atoms with E-state index in [1.807, 2.05) is 61.5 Å². The first-order valence-corrected chi connectivity index (χ1v) is 10.1. The molecule has 0 aliphatic carbocycles. The third-order valence-electron chi connectivity index (χ3n) is 5.09. The molecule has 0 aliphatic heterocycles. The number of rotatable bonds is 5. The van der Waals surface area contributed by atoms with Crippen LogP contribution >= 0.6 is 11.6 Å². The van der Waals surface area contributed by atoms with Gasteiger partial charge in [-0.25, -0.2) is 0 Å². The minimum atomic E-state index is -0.140. The van der Waals surface area contributed by atoms with Crippen molar-refractivity contribution in [1.82, 2.24) is 0 Å². The third kappa shape index (κ3) is 4.07. The van der Waals surface area contributed by atoms with Gasteiger partial charge in [0.2, 0.25) is 5.43 Å². The lowest BCUT2D eigenvalue weighted by atomic mass is 10.0. The van der Waals surface area contributed by atoms with Crippen molar-refractivity contribution < 1.29 is 13.9 Å². The molecular formula is C26H21ClO4. The van der Waals surface area contributed by atoms with Crippen LogP contribution in [0.15, 0.2) is 69.9 Å². The third-order valence-corrected chi connectivity index (χ3v) is 5.50. The van der Waals surface area contributed by atoms with Crippen molar-refractivity contribution in [3.63, 3.8) is 0 Å². The van der Waals surface area contributed by atoms with Crippen LogP contribution in [-0.4, -0.2) is 14.2 Å². The monoisotopic (exact) mass is 432 g/mol. The number of halogens is 1. The first-order valence-electron chi connectivity index (χ1n) is 9.74. The Morgan fingerprint density at radius 1 is 0.903 bits per heavy atom. The van der Waals surface area contributed by atoms with Crippen molar-refractivity contribution in [2.24, 2.45) is 0 Å². The van der Waals surface area contributed by atoms with E-state index in [2.05, 4.69) is 0 Å². The van der Waals surface area contributed by atoms with Crippen molar-refractivity contribution in [2.75, 3.05) is 14.2 Å². The molecule has 4 rings (SSSR count). The van der Waals surface area contributed by atoms with Crippen molar-refractivity contribution in [1.29, 1.82) is 0 Å². The molecule has 0 radical (unpaired) electrons. The van der Waals surface area contributed by atoms with Crippen LogP contribution < -0.4 is 14.9 Å². The van der Waals surface area contributed by atoms with Gasteiger partial charge in [0, 0.05) is 10.6 Å². The average Bonchev–Trinajstić information content (AvgIpc) is 2.80. The summed E-state index contributed by atoms with van der Waals surface area (Å²) in [5.41, 5.74) is 3.35. The Labute approximate surface area is 185 Å². The molecule has 3 aromatic carbocycles. The molecule has 1 heterocycles. The van der Waals surface area contributed by atoms with Crippen LogP contribution in [0, 0.1) is 6.92 Å². The maximum atomic E-state index is 13.4. The molecule has 31 heavy (non-hydrogen) atoms. The van der Waals surface area contributed by atoms with Crippen LogP contribution in [0.5, 0.6) is 11.5 Å². The lowest BCUT2D eigenvalue weighted by Crippen LogP contribution is -2.08. The van der Waals surface area contributed by atoms with E-state index in [0.717, 1.165) is 16.7 Å². The van der Waals surface area contributed by atoms with Gasteiger partial charge in [-0.1, -0.05) is 54.1 Å². The second-order valence-corrected chi connectivity index (χ2v) is 7.49. The molecule has 0 spiro atoms. The Morgan fingerprint density at radius 3 is 2.35 bits per heavy atom. The van der Waals surface area contributed by atoms with E-state index < -0.39 is 0 Å². The summed E-state index contributed by atoms with van der Waals surface area (Å²) in [7, 11) is 3.18. The zero-order valence-electron chi connectivity index (χ0n) is 17.4. The SMILES string of the molecule is COc1ccc(/C=C/c2c(-c3ccccc3)oc3cc(C)c(Cl)cc3c2=O)cc1OC. The first kappa shape index (κ1) is 20.8. The van der Waals surface area contributed by atoms with Gasteiger partial charge in [-0.2, -0.15) is 0 Å². The van der Waals surface area contributed by atoms with Crippen molar-refractivity contribution >= 4 is 34.7 Å². The van der Waals surface area contributed by atoms with E-state index in [4.69, 9.17) is 25.5 Å². The highest BCUT2D eigenvalue weighted by Gasteiger charge is 2.15. The summed E-state index contributed by atoms with van der Waals surface area (Å²) < 4.78 is 16.9. The molecular weight excluding hydrogens is 412 g/mol. The van der Waals surface area contributed by atoms with Gasteiger partial charge in [0.1, 0.15) is 11.3 Å². The fraction of sp³-hybridized carbons (Fsp3) is 0.115. The molecule has 0 aliphatic rings.